The van der Waals surface area contributed by atoms with E-state index in [1.165, 1.54) is 12.1 Å². The van der Waals surface area contributed by atoms with Gasteiger partial charge in [0.15, 0.2) is 9.84 Å². The summed E-state index contributed by atoms with van der Waals surface area (Å²) in [6, 6.07) is 25.7. The van der Waals surface area contributed by atoms with Crippen LogP contribution in [0.5, 0.6) is 11.6 Å². The molecule has 4 aromatic rings. The molecule has 45 heavy (non-hydrogen) atoms. The molecule has 2 heterocycles. The molecular weight excluding hydrogens is 615 g/mol. The van der Waals surface area contributed by atoms with Crippen molar-refractivity contribution in [3.8, 4) is 11.6 Å². The molecular formula is C32H35N5O6S2. The number of benzene rings is 3. The summed E-state index contributed by atoms with van der Waals surface area (Å²) < 4.78 is 55.0. The summed E-state index contributed by atoms with van der Waals surface area (Å²) in [5.74, 6) is 0.958. The van der Waals surface area contributed by atoms with Crippen molar-refractivity contribution in [2.75, 3.05) is 40.5 Å². The average molecular weight is 650 g/mol. The first-order valence-electron chi connectivity index (χ1n) is 14.3. The standard InChI is InChI=1S/C32H35N5O6S2/c1-44(39,40)30-10-6-7-26(21-30)34-32(38)37(27-8-4-3-5-9-27)28-17-19-36(20-18-28)23-24-11-16-31(33-22-24)43-29-14-12-25(13-15-29)35-45(2,41)42/h3-16,21-22,28,35H,17-20,23H2,1-2H3,(H,34,38). The van der Waals surface area contributed by atoms with Crippen LogP contribution >= 0.6 is 0 Å². The first-order chi connectivity index (χ1) is 21.4. The quantitative estimate of drug-likeness (QED) is 0.235. The van der Waals surface area contributed by atoms with E-state index in [1.807, 2.05) is 36.4 Å². The molecule has 1 aromatic heterocycles. The summed E-state index contributed by atoms with van der Waals surface area (Å²) in [6.07, 6.45) is 5.52. The lowest BCUT2D eigenvalue weighted by Crippen LogP contribution is -2.49. The highest BCUT2D eigenvalue weighted by atomic mass is 32.2. The molecule has 2 N–H and O–H groups in total. The zero-order valence-electron chi connectivity index (χ0n) is 25.0. The first kappa shape index (κ1) is 31.9. The van der Waals surface area contributed by atoms with Gasteiger partial charge in [-0.3, -0.25) is 14.5 Å². The summed E-state index contributed by atoms with van der Waals surface area (Å²) >= 11 is 0. The molecule has 0 aliphatic carbocycles. The number of likely N-dealkylation sites (tertiary alicyclic amines) is 1. The highest BCUT2D eigenvalue weighted by Gasteiger charge is 2.29. The number of rotatable bonds is 10. The number of ether oxygens (including phenoxy) is 1. The van der Waals surface area contributed by atoms with Crippen molar-refractivity contribution in [1.29, 1.82) is 0 Å². The Morgan fingerprint density at radius 2 is 1.60 bits per heavy atom. The number of carbonyl (C=O) groups excluding carboxylic acids is 1. The summed E-state index contributed by atoms with van der Waals surface area (Å²) in [6.45, 7) is 2.25. The second-order valence-corrected chi connectivity index (χ2v) is 14.7. The Morgan fingerprint density at radius 3 is 2.22 bits per heavy atom. The topological polar surface area (TPSA) is 138 Å². The number of carbonyl (C=O) groups is 1. The molecule has 0 spiro atoms. The number of sulfone groups is 1. The number of nitrogens with zero attached hydrogens (tertiary/aromatic N) is 3. The van der Waals surface area contributed by atoms with E-state index in [1.54, 1.807) is 53.6 Å². The number of sulfonamides is 1. The number of hydrogen-bond acceptors (Lipinski definition) is 8. The molecule has 1 fully saturated rings. The van der Waals surface area contributed by atoms with Crippen LogP contribution in [0.15, 0.2) is 102 Å². The number of nitrogens with one attached hydrogen (secondary N) is 2. The molecule has 13 heteroatoms. The minimum absolute atomic E-state index is 0.0466. The van der Waals surface area contributed by atoms with E-state index in [4.69, 9.17) is 4.74 Å². The van der Waals surface area contributed by atoms with E-state index in [-0.39, 0.29) is 17.0 Å². The van der Waals surface area contributed by atoms with Crippen LogP contribution in [0.1, 0.15) is 18.4 Å². The van der Waals surface area contributed by atoms with Gasteiger partial charge >= 0.3 is 6.03 Å². The van der Waals surface area contributed by atoms with Gasteiger partial charge < -0.3 is 10.1 Å². The van der Waals surface area contributed by atoms with Crippen molar-refractivity contribution in [2.45, 2.75) is 30.3 Å². The van der Waals surface area contributed by atoms with Gasteiger partial charge in [0.25, 0.3) is 0 Å². The molecule has 5 rings (SSSR count). The van der Waals surface area contributed by atoms with E-state index in [2.05, 4.69) is 19.9 Å². The molecule has 0 saturated carbocycles. The number of hydrogen-bond donors (Lipinski definition) is 2. The number of aromatic nitrogens is 1. The minimum Gasteiger partial charge on any atom is -0.439 e. The second-order valence-electron chi connectivity index (χ2n) is 10.9. The Morgan fingerprint density at radius 1 is 0.889 bits per heavy atom. The summed E-state index contributed by atoms with van der Waals surface area (Å²) in [5.41, 5.74) is 2.66. The van der Waals surface area contributed by atoms with Crippen molar-refractivity contribution < 1.29 is 26.4 Å². The van der Waals surface area contributed by atoms with E-state index in [9.17, 15) is 21.6 Å². The normalized spacial score (nSPS) is 14.4. The monoisotopic (exact) mass is 649 g/mol. The van der Waals surface area contributed by atoms with E-state index in [0.29, 0.717) is 29.5 Å². The van der Waals surface area contributed by atoms with Crippen LogP contribution in [-0.2, 0) is 26.4 Å². The predicted octanol–water partition coefficient (Wildman–Crippen LogP) is 5.35. The minimum atomic E-state index is -3.41. The van der Waals surface area contributed by atoms with E-state index in [0.717, 1.165) is 49.7 Å². The van der Waals surface area contributed by atoms with Crippen LogP contribution in [0.2, 0.25) is 0 Å². The van der Waals surface area contributed by atoms with Crippen LogP contribution in [0, 0.1) is 0 Å². The third-order valence-electron chi connectivity index (χ3n) is 7.27. The maximum Gasteiger partial charge on any atom is 0.326 e. The number of anilines is 3. The smallest absolute Gasteiger partial charge is 0.326 e. The first-order valence-corrected chi connectivity index (χ1v) is 18.1. The molecule has 2 amide bonds. The zero-order valence-corrected chi connectivity index (χ0v) is 26.6. The zero-order chi connectivity index (χ0) is 32.0. The van der Waals surface area contributed by atoms with Crippen molar-refractivity contribution in [3.63, 3.8) is 0 Å². The van der Waals surface area contributed by atoms with Gasteiger partial charge in [0.2, 0.25) is 15.9 Å². The molecule has 0 atom stereocenters. The van der Waals surface area contributed by atoms with Crippen molar-refractivity contribution in [3.05, 3.63) is 103 Å². The van der Waals surface area contributed by atoms with Gasteiger partial charge in [-0.2, -0.15) is 0 Å². The lowest BCUT2D eigenvalue weighted by atomic mass is 10.0. The number of piperidine rings is 1. The van der Waals surface area contributed by atoms with Crippen molar-refractivity contribution in [1.82, 2.24) is 9.88 Å². The average Bonchev–Trinajstić information content (AvgIpc) is 3.00. The largest absolute Gasteiger partial charge is 0.439 e. The second kappa shape index (κ2) is 13.7. The number of para-hydroxylation sites is 1. The lowest BCUT2D eigenvalue weighted by Gasteiger charge is -2.38. The molecule has 1 aliphatic heterocycles. The summed E-state index contributed by atoms with van der Waals surface area (Å²) in [5, 5.41) is 2.90. The van der Waals surface area contributed by atoms with Gasteiger partial charge in [-0.1, -0.05) is 30.3 Å². The molecule has 1 aliphatic rings. The SMILES string of the molecule is CS(=O)(=O)Nc1ccc(Oc2ccc(CN3CCC(N(C(=O)Nc4cccc(S(C)(=O)=O)c4)c4ccccc4)CC3)cn2)cc1. The Labute approximate surface area is 263 Å². The molecule has 0 radical (unpaired) electrons. The molecule has 11 nitrogen and oxygen atoms in total. The van der Waals surface area contributed by atoms with Gasteiger partial charge in [-0.25, -0.2) is 26.6 Å². The molecule has 1 saturated heterocycles. The molecule has 0 unspecified atom stereocenters. The van der Waals surface area contributed by atoms with E-state index < -0.39 is 19.9 Å². The van der Waals surface area contributed by atoms with E-state index >= 15 is 0 Å². The molecule has 0 bridgehead atoms. The fraction of sp³-hybridized carbons (Fsp3) is 0.250. The Hall–Kier alpha value is -4.46. The van der Waals surface area contributed by atoms with Gasteiger partial charge in [-0.05, 0) is 73.0 Å². The third-order valence-corrected chi connectivity index (χ3v) is 8.99. The number of urea groups is 1. The van der Waals surface area contributed by atoms with Crippen LogP contribution in [0.25, 0.3) is 0 Å². The fourth-order valence-electron chi connectivity index (χ4n) is 5.16. The van der Waals surface area contributed by atoms with Crippen molar-refractivity contribution in [2.24, 2.45) is 0 Å². The summed E-state index contributed by atoms with van der Waals surface area (Å²) in [7, 11) is -6.76. The van der Waals surface area contributed by atoms with Gasteiger partial charge in [-0.15, -0.1) is 0 Å². The predicted molar refractivity (Wildman–Crippen MR) is 175 cm³/mol. The Bertz CT molecular complexity index is 1830. The van der Waals surface area contributed by atoms with Gasteiger partial charge in [0, 0.05) is 61.3 Å². The number of pyridine rings is 1. The van der Waals surface area contributed by atoms with Crippen molar-refractivity contribution >= 4 is 43.0 Å². The van der Waals surface area contributed by atoms with Gasteiger partial charge in [0.1, 0.15) is 5.75 Å². The molecule has 3 aromatic carbocycles. The fourth-order valence-corrected chi connectivity index (χ4v) is 6.39. The van der Waals surface area contributed by atoms with Crippen LogP contribution in [-0.4, -0.2) is 64.4 Å². The van der Waals surface area contributed by atoms with Gasteiger partial charge in [0.05, 0.1) is 11.2 Å². The Kier molecular flexibility index (Phi) is 9.71. The Balaban J connectivity index is 1.18. The maximum absolute atomic E-state index is 13.6. The molecule has 236 valence electrons. The van der Waals surface area contributed by atoms with Crippen LogP contribution in [0.4, 0.5) is 21.9 Å². The number of amides is 2. The highest BCUT2D eigenvalue weighted by molar-refractivity contribution is 7.92. The third kappa shape index (κ3) is 9.03. The lowest BCUT2D eigenvalue weighted by molar-refractivity contribution is 0.199. The van der Waals surface area contributed by atoms with Crippen LogP contribution < -0.4 is 19.7 Å². The maximum atomic E-state index is 13.6. The summed E-state index contributed by atoms with van der Waals surface area (Å²) in [4.78, 5) is 22.2. The van der Waals surface area contributed by atoms with Crippen LogP contribution in [0.3, 0.4) is 0 Å². The highest BCUT2D eigenvalue weighted by Crippen LogP contribution is 2.27.